The second-order valence-electron chi connectivity index (χ2n) is 7.43. The van der Waals surface area contributed by atoms with Gasteiger partial charge in [0, 0.05) is 59.8 Å². The minimum Gasteiger partial charge on any atom is -0.357 e. The number of nitrogens with one attached hydrogen (secondary N) is 2. The lowest BCUT2D eigenvalue weighted by Gasteiger charge is -2.29. The number of para-hydroxylation sites is 1. The molecule has 0 radical (unpaired) electrons. The zero-order valence-electron chi connectivity index (χ0n) is 15.4. The lowest BCUT2D eigenvalue weighted by atomic mass is 10.0. The van der Waals surface area contributed by atoms with Crippen LogP contribution in [0.5, 0.6) is 0 Å². The van der Waals surface area contributed by atoms with Crippen LogP contribution in [0.15, 0.2) is 48.8 Å². The van der Waals surface area contributed by atoms with Crippen LogP contribution >= 0.6 is 0 Å². The molecule has 2 N–H and O–H groups in total. The zero-order chi connectivity index (χ0) is 18.5. The molecule has 0 aliphatic carbocycles. The summed E-state index contributed by atoms with van der Waals surface area (Å²) in [4.78, 5) is 20.0. The molecular weight excluding hydrogens is 348 g/mol. The summed E-state index contributed by atoms with van der Waals surface area (Å²) in [6.45, 7) is 3.45. The van der Waals surface area contributed by atoms with Crippen molar-refractivity contribution in [3.8, 4) is 11.4 Å². The molecule has 4 aromatic rings. The number of benzene rings is 1. The molecule has 28 heavy (non-hydrogen) atoms. The maximum absolute atomic E-state index is 5.00. The van der Waals surface area contributed by atoms with E-state index in [-0.39, 0.29) is 0 Å². The van der Waals surface area contributed by atoms with Crippen LogP contribution in [0.1, 0.15) is 22.5 Å². The average Bonchev–Trinajstić information content (AvgIpc) is 3.37. The molecule has 0 saturated heterocycles. The zero-order valence-corrected chi connectivity index (χ0v) is 15.4. The summed E-state index contributed by atoms with van der Waals surface area (Å²) in [5.41, 5.74) is 7.33. The molecule has 0 fully saturated rings. The number of anilines is 1. The molecule has 0 amide bonds. The van der Waals surface area contributed by atoms with E-state index in [1.807, 2.05) is 12.1 Å². The number of aromatic nitrogens is 4. The first-order valence-electron chi connectivity index (χ1n) is 9.71. The first-order chi connectivity index (χ1) is 13.9. The molecule has 1 aromatic carbocycles. The highest BCUT2D eigenvalue weighted by Gasteiger charge is 2.27. The molecule has 6 heteroatoms. The lowest BCUT2D eigenvalue weighted by molar-refractivity contribution is 0.704. The largest absolute Gasteiger partial charge is 0.357 e. The maximum Gasteiger partial charge on any atom is 0.161 e. The Hall–Kier alpha value is -3.25. The van der Waals surface area contributed by atoms with Crippen molar-refractivity contribution in [1.29, 1.82) is 0 Å². The highest BCUT2D eigenvalue weighted by molar-refractivity contribution is 5.85. The van der Waals surface area contributed by atoms with Crippen LogP contribution in [0, 0.1) is 0 Å². The van der Waals surface area contributed by atoms with E-state index in [1.54, 1.807) is 12.4 Å². The van der Waals surface area contributed by atoms with E-state index >= 15 is 0 Å². The SMILES string of the molecule is c1ccc2c3c([nH]c2c1)CN(c1nc(-c2ccncc2)nc2c1CNC2)CC3. The van der Waals surface area contributed by atoms with Gasteiger partial charge in [0.2, 0.25) is 0 Å². The van der Waals surface area contributed by atoms with Gasteiger partial charge < -0.3 is 15.2 Å². The van der Waals surface area contributed by atoms with Crippen LogP contribution in [0.3, 0.4) is 0 Å². The fraction of sp³-hybridized carbons (Fsp3) is 0.227. The molecule has 3 aromatic heterocycles. The summed E-state index contributed by atoms with van der Waals surface area (Å²) in [7, 11) is 0. The minimum atomic E-state index is 0.780. The molecule has 0 unspecified atom stereocenters. The van der Waals surface area contributed by atoms with Crippen molar-refractivity contribution in [3.05, 3.63) is 71.3 Å². The predicted octanol–water partition coefficient (Wildman–Crippen LogP) is 3.19. The summed E-state index contributed by atoms with van der Waals surface area (Å²) >= 11 is 0. The Balaban J connectivity index is 1.44. The van der Waals surface area contributed by atoms with Crippen molar-refractivity contribution in [3.63, 3.8) is 0 Å². The van der Waals surface area contributed by atoms with Crippen LogP contribution in [0.2, 0.25) is 0 Å². The van der Waals surface area contributed by atoms with E-state index in [9.17, 15) is 0 Å². The van der Waals surface area contributed by atoms with Gasteiger partial charge in [-0.15, -0.1) is 0 Å². The Bertz CT molecular complexity index is 1180. The molecule has 0 atom stereocenters. The van der Waals surface area contributed by atoms with Gasteiger partial charge in [-0.25, -0.2) is 9.97 Å². The fourth-order valence-corrected chi connectivity index (χ4v) is 4.42. The third-order valence-electron chi connectivity index (χ3n) is 5.79. The molecular formula is C22H20N6. The Morgan fingerprint density at radius 1 is 0.929 bits per heavy atom. The Morgan fingerprint density at radius 2 is 1.82 bits per heavy atom. The van der Waals surface area contributed by atoms with Crippen molar-refractivity contribution in [2.45, 2.75) is 26.1 Å². The van der Waals surface area contributed by atoms with Crippen LogP contribution in [-0.4, -0.2) is 26.5 Å². The van der Waals surface area contributed by atoms with E-state index in [2.05, 4.69) is 44.5 Å². The predicted molar refractivity (Wildman–Crippen MR) is 109 cm³/mol. The second-order valence-corrected chi connectivity index (χ2v) is 7.43. The number of H-pyrrole nitrogens is 1. The summed E-state index contributed by atoms with van der Waals surface area (Å²) in [5, 5.41) is 4.79. The third kappa shape index (κ3) is 2.42. The van der Waals surface area contributed by atoms with E-state index in [4.69, 9.17) is 9.97 Å². The summed E-state index contributed by atoms with van der Waals surface area (Å²) < 4.78 is 0. The van der Waals surface area contributed by atoms with Crippen molar-refractivity contribution in [2.24, 2.45) is 0 Å². The highest BCUT2D eigenvalue weighted by Crippen LogP contribution is 2.33. The van der Waals surface area contributed by atoms with Gasteiger partial charge in [-0.3, -0.25) is 4.98 Å². The molecule has 6 rings (SSSR count). The van der Waals surface area contributed by atoms with Gasteiger partial charge in [0.1, 0.15) is 5.82 Å². The van der Waals surface area contributed by atoms with Gasteiger partial charge in [-0.2, -0.15) is 0 Å². The van der Waals surface area contributed by atoms with E-state index in [0.29, 0.717) is 0 Å². The number of hydrogen-bond donors (Lipinski definition) is 2. The average molecular weight is 368 g/mol. The molecule has 2 aliphatic heterocycles. The molecule has 6 nitrogen and oxygen atoms in total. The summed E-state index contributed by atoms with van der Waals surface area (Å²) in [6, 6.07) is 12.5. The maximum atomic E-state index is 5.00. The quantitative estimate of drug-likeness (QED) is 0.569. The highest BCUT2D eigenvalue weighted by atomic mass is 15.2. The second kappa shape index (κ2) is 6.14. The van der Waals surface area contributed by atoms with E-state index in [1.165, 1.54) is 27.7 Å². The van der Waals surface area contributed by atoms with Crippen molar-refractivity contribution >= 4 is 16.7 Å². The number of fused-ring (bicyclic) bond motifs is 4. The smallest absolute Gasteiger partial charge is 0.161 e. The number of hydrogen-bond acceptors (Lipinski definition) is 5. The number of rotatable bonds is 2. The number of pyridine rings is 1. The normalized spacial score (nSPS) is 15.6. The number of nitrogens with zero attached hydrogens (tertiary/aromatic N) is 4. The third-order valence-corrected chi connectivity index (χ3v) is 5.79. The van der Waals surface area contributed by atoms with Gasteiger partial charge >= 0.3 is 0 Å². The molecule has 2 aliphatic rings. The van der Waals surface area contributed by atoms with Gasteiger partial charge in [-0.1, -0.05) is 18.2 Å². The van der Waals surface area contributed by atoms with Gasteiger partial charge in [0.05, 0.1) is 12.2 Å². The Kier molecular flexibility index (Phi) is 3.46. The van der Waals surface area contributed by atoms with Gasteiger partial charge in [-0.05, 0) is 30.2 Å². The van der Waals surface area contributed by atoms with Crippen LogP contribution in [-0.2, 0) is 26.1 Å². The summed E-state index contributed by atoms with van der Waals surface area (Å²) in [6.07, 6.45) is 4.61. The van der Waals surface area contributed by atoms with Crippen molar-refractivity contribution in [2.75, 3.05) is 11.4 Å². The van der Waals surface area contributed by atoms with Crippen molar-refractivity contribution in [1.82, 2.24) is 25.3 Å². The van der Waals surface area contributed by atoms with Crippen LogP contribution in [0.25, 0.3) is 22.3 Å². The van der Waals surface area contributed by atoms with Gasteiger partial charge in [0.25, 0.3) is 0 Å². The Labute approximate surface area is 162 Å². The molecule has 0 spiro atoms. The minimum absolute atomic E-state index is 0.780. The van der Waals surface area contributed by atoms with Crippen LogP contribution < -0.4 is 10.2 Å². The molecule has 5 heterocycles. The van der Waals surface area contributed by atoms with E-state index in [0.717, 1.165) is 55.5 Å². The van der Waals surface area contributed by atoms with Gasteiger partial charge in [0.15, 0.2) is 5.82 Å². The fourth-order valence-electron chi connectivity index (χ4n) is 4.42. The first kappa shape index (κ1) is 15.8. The standard InChI is InChI=1S/C22H20N6/c1-2-4-18-15(3-1)16-7-10-28(13-20(16)25-18)22-17-11-24-12-19(17)26-21(27-22)14-5-8-23-9-6-14/h1-6,8-9,24-25H,7,10-13H2. The van der Waals surface area contributed by atoms with Crippen molar-refractivity contribution < 1.29 is 0 Å². The molecule has 0 saturated carbocycles. The summed E-state index contributed by atoms with van der Waals surface area (Å²) in [5.74, 6) is 1.84. The number of aromatic amines is 1. The monoisotopic (exact) mass is 368 g/mol. The lowest BCUT2D eigenvalue weighted by Crippen LogP contribution is -2.32. The molecule has 138 valence electrons. The van der Waals surface area contributed by atoms with E-state index < -0.39 is 0 Å². The molecule has 0 bridgehead atoms. The van der Waals surface area contributed by atoms with Crippen LogP contribution in [0.4, 0.5) is 5.82 Å². The topological polar surface area (TPSA) is 69.7 Å². The first-order valence-corrected chi connectivity index (χ1v) is 9.71. The Morgan fingerprint density at radius 3 is 2.75 bits per heavy atom.